The number of aliphatic carboxylic acids is 1. The average molecular weight is 371 g/mol. The van der Waals surface area contributed by atoms with Crippen LogP contribution in [-0.2, 0) is 16.0 Å². The van der Waals surface area contributed by atoms with Crippen LogP contribution in [0.2, 0.25) is 0 Å². The van der Waals surface area contributed by atoms with Gasteiger partial charge < -0.3 is 14.9 Å². The van der Waals surface area contributed by atoms with Crippen LogP contribution in [0.5, 0.6) is 0 Å². The second kappa shape index (κ2) is 11.0. The molecule has 0 bridgehead atoms. The standard InChI is InChI=1S/C21H25NO5/c23-19(16-17-8-4-3-5-9-17)12-11-18-13-15-27-21(26)22(18)14-7-2-1-6-10-20(24)25/h3-5,8-9,11-12,18-19,23H,1,6,10,13-16H2,(H,24,25)/b12-11+/t18-,19?/m0/s1. The summed E-state index contributed by atoms with van der Waals surface area (Å²) in [7, 11) is 0. The number of carbonyl (C=O) groups is 2. The van der Waals surface area contributed by atoms with Gasteiger partial charge in [0.25, 0.3) is 0 Å². The van der Waals surface area contributed by atoms with Crippen LogP contribution in [0.3, 0.4) is 0 Å². The van der Waals surface area contributed by atoms with E-state index in [-0.39, 0.29) is 19.0 Å². The average Bonchev–Trinajstić information content (AvgIpc) is 2.65. The Morgan fingerprint density at radius 2 is 2.11 bits per heavy atom. The molecule has 0 aromatic heterocycles. The number of hydrogen-bond acceptors (Lipinski definition) is 4. The topological polar surface area (TPSA) is 87.1 Å². The van der Waals surface area contributed by atoms with Gasteiger partial charge in [-0.3, -0.25) is 9.69 Å². The van der Waals surface area contributed by atoms with Crippen molar-refractivity contribution >= 4 is 12.1 Å². The molecule has 0 aliphatic carbocycles. The highest BCUT2D eigenvalue weighted by Crippen LogP contribution is 2.15. The first-order valence-electron chi connectivity index (χ1n) is 9.07. The second-order valence-corrected chi connectivity index (χ2v) is 6.34. The van der Waals surface area contributed by atoms with E-state index < -0.39 is 18.2 Å². The van der Waals surface area contributed by atoms with Gasteiger partial charge in [0.1, 0.15) is 0 Å². The predicted octanol–water partition coefficient (Wildman–Crippen LogP) is 2.62. The third kappa shape index (κ3) is 7.55. The number of ether oxygens (including phenoxy) is 1. The highest BCUT2D eigenvalue weighted by atomic mass is 16.6. The number of rotatable bonds is 8. The minimum atomic E-state index is -0.837. The molecule has 1 saturated heterocycles. The highest BCUT2D eigenvalue weighted by Gasteiger charge is 2.27. The van der Waals surface area contributed by atoms with Crippen LogP contribution in [0.4, 0.5) is 4.79 Å². The summed E-state index contributed by atoms with van der Waals surface area (Å²) >= 11 is 0. The molecule has 2 N–H and O–H groups in total. The van der Waals surface area contributed by atoms with Crippen LogP contribution in [-0.4, -0.2) is 52.5 Å². The van der Waals surface area contributed by atoms with Gasteiger partial charge >= 0.3 is 12.1 Å². The summed E-state index contributed by atoms with van der Waals surface area (Å²) in [5.74, 6) is 4.96. The van der Waals surface area contributed by atoms with Gasteiger partial charge in [-0.05, 0) is 12.0 Å². The van der Waals surface area contributed by atoms with Gasteiger partial charge in [-0.15, -0.1) is 5.92 Å². The number of nitrogens with zero attached hydrogens (tertiary/aromatic N) is 1. The fourth-order valence-corrected chi connectivity index (χ4v) is 2.76. The molecular formula is C21H25NO5. The molecule has 144 valence electrons. The van der Waals surface area contributed by atoms with Crippen molar-refractivity contribution in [2.24, 2.45) is 0 Å². The summed E-state index contributed by atoms with van der Waals surface area (Å²) in [6.07, 6.45) is 4.70. The lowest BCUT2D eigenvalue weighted by Crippen LogP contribution is -2.44. The number of carboxylic acid groups (broad SMARTS) is 1. The third-order valence-corrected chi connectivity index (χ3v) is 4.18. The fourth-order valence-electron chi connectivity index (χ4n) is 2.76. The maximum Gasteiger partial charge on any atom is 0.411 e. The van der Waals surface area contributed by atoms with E-state index in [1.165, 1.54) is 4.90 Å². The number of aliphatic hydroxyl groups is 1. The molecular weight excluding hydrogens is 346 g/mol. The molecule has 6 heteroatoms. The maximum atomic E-state index is 12.0. The minimum Gasteiger partial charge on any atom is -0.481 e. The van der Waals surface area contributed by atoms with E-state index >= 15 is 0 Å². The van der Waals surface area contributed by atoms with Crippen molar-refractivity contribution in [2.75, 3.05) is 13.2 Å². The van der Waals surface area contributed by atoms with E-state index in [1.807, 2.05) is 36.4 Å². The summed E-state index contributed by atoms with van der Waals surface area (Å²) in [4.78, 5) is 24.0. The summed E-state index contributed by atoms with van der Waals surface area (Å²) < 4.78 is 5.08. The quantitative estimate of drug-likeness (QED) is 0.417. The molecule has 1 unspecified atom stereocenters. The van der Waals surface area contributed by atoms with Gasteiger partial charge in [-0.2, -0.15) is 0 Å². The lowest BCUT2D eigenvalue weighted by atomic mass is 10.1. The van der Waals surface area contributed by atoms with E-state index in [2.05, 4.69) is 11.8 Å². The molecule has 1 aliphatic heterocycles. The zero-order valence-corrected chi connectivity index (χ0v) is 15.2. The Morgan fingerprint density at radius 3 is 2.85 bits per heavy atom. The number of carbonyl (C=O) groups excluding carboxylic acids is 1. The first-order chi connectivity index (χ1) is 13.1. The number of amides is 1. The number of benzene rings is 1. The number of unbranched alkanes of at least 4 members (excludes halogenated alkanes) is 1. The number of hydrogen-bond donors (Lipinski definition) is 2. The summed E-state index contributed by atoms with van der Waals surface area (Å²) in [6.45, 7) is 0.556. The van der Waals surface area contributed by atoms with Gasteiger partial charge in [0.2, 0.25) is 0 Å². The molecule has 27 heavy (non-hydrogen) atoms. The van der Waals surface area contributed by atoms with Gasteiger partial charge in [0.05, 0.1) is 25.3 Å². The van der Waals surface area contributed by atoms with Crippen LogP contribution in [0.15, 0.2) is 42.5 Å². The number of carboxylic acids is 1. The third-order valence-electron chi connectivity index (χ3n) is 4.18. The first-order valence-corrected chi connectivity index (χ1v) is 9.07. The molecule has 1 aliphatic rings. The summed E-state index contributed by atoms with van der Waals surface area (Å²) in [6, 6.07) is 9.53. The molecule has 1 fully saturated rings. The highest BCUT2D eigenvalue weighted by molar-refractivity contribution is 5.69. The Balaban J connectivity index is 1.87. The van der Waals surface area contributed by atoms with Gasteiger partial charge in [-0.25, -0.2) is 4.79 Å². The Hall–Kier alpha value is -2.78. The SMILES string of the molecule is O=C(O)CCCC#CCN1C(=O)OCC[C@@H]1/C=C/C(O)Cc1ccccc1. The van der Waals surface area contributed by atoms with Crippen LogP contribution < -0.4 is 0 Å². The molecule has 1 aromatic carbocycles. The van der Waals surface area contributed by atoms with E-state index in [0.29, 0.717) is 32.3 Å². The van der Waals surface area contributed by atoms with Gasteiger partial charge in [0, 0.05) is 25.7 Å². The predicted molar refractivity (Wildman–Crippen MR) is 101 cm³/mol. The van der Waals surface area contributed by atoms with E-state index in [0.717, 1.165) is 5.56 Å². The van der Waals surface area contributed by atoms with Crippen LogP contribution in [0.1, 0.15) is 31.2 Å². The van der Waals surface area contributed by atoms with Crippen molar-refractivity contribution in [3.8, 4) is 11.8 Å². The normalized spacial score (nSPS) is 17.9. The number of cyclic esters (lactones) is 1. The summed E-state index contributed by atoms with van der Waals surface area (Å²) in [5.41, 5.74) is 1.04. The van der Waals surface area contributed by atoms with Gasteiger partial charge in [0.15, 0.2) is 0 Å². The largest absolute Gasteiger partial charge is 0.481 e. The summed E-state index contributed by atoms with van der Waals surface area (Å²) in [5, 5.41) is 18.8. The van der Waals surface area contributed by atoms with Crippen LogP contribution in [0.25, 0.3) is 0 Å². The van der Waals surface area contributed by atoms with Crippen molar-refractivity contribution in [3.63, 3.8) is 0 Å². The first kappa shape index (κ1) is 20.5. The molecule has 1 aromatic rings. The second-order valence-electron chi connectivity index (χ2n) is 6.34. The molecule has 0 spiro atoms. The van der Waals surface area contributed by atoms with E-state index in [9.17, 15) is 14.7 Å². The smallest absolute Gasteiger partial charge is 0.411 e. The lowest BCUT2D eigenvalue weighted by Gasteiger charge is -2.31. The Bertz CT molecular complexity index is 704. The molecule has 2 rings (SSSR count). The minimum absolute atomic E-state index is 0.0884. The molecule has 1 amide bonds. The molecule has 0 radical (unpaired) electrons. The molecule has 2 atom stereocenters. The van der Waals surface area contributed by atoms with Crippen molar-refractivity contribution in [3.05, 3.63) is 48.0 Å². The van der Waals surface area contributed by atoms with E-state index in [1.54, 1.807) is 6.08 Å². The lowest BCUT2D eigenvalue weighted by molar-refractivity contribution is -0.137. The van der Waals surface area contributed by atoms with Gasteiger partial charge in [-0.1, -0.05) is 48.4 Å². The Kier molecular flexibility index (Phi) is 8.40. The fraction of sp³-hybridized carbons (Fsp3) is 0.429. The molecule has 1 heterocycles. The zero-order valence-electron chi connectivity index (χ0n) is 15.2. The number of aliphatic hydroxyl groups excluding tert-OH is 1. The van der Waals surface area contributed by atoms with Crippen molar-refractivity contribution in [1.82, 2.24) is 4.90 Å². The van der Waals surface area contributed by atoms with Crippen molar-refractivity contribution in [1.29, 1.82) is 0 Å². The van der Waals surface area contributed by atoms with Crippen LogP contribution >= 0.6 is 0 Å². The Labute approximate surface area is 159 Å². The molecule has 6 nitrogen and oxygen atoms in total. The maximum absolute atomic E-state index is 12.0. The zero-order chi connectivity index (χ0) is 19.5. The van der Waals surface area contributed by atoms with Crippen molar-refractivity contribution < 1.29 is 24.5 Å². The van der Waals surface area contributed by atoms with E-state index in [4.69, 9.17) is 9.84 Å². The Morgan fingerprint density at radius 1 is 1.33 bits per heavy atom. The van der Waals surface area contributed by atoms with Crippen LogP contribution in [0, 0.1) is 11.8 Å². The monoisotopic (exact) mass is 371 g/mol. The molecule has 0 saturated carbocycles. The van der Waals surface area contributed by atoms with Crippen molar-refractivity contribution in [2.45, 2.75) is 44.2 Å².